The van der Waals surface area contributed by atoms with Crippen LogP contribution in [0.5, 0.6) is 0 Å². The number of hydrogen-bond acceptors (Lipinski definition) is 6. The summed E-state index contributed by atoms with van der Waals surface area (Å²) in [6, 6.07) is 0.382. The molecule has 2 fully saturated rings. The molecule has 136 valence electrons. The highest BCUT2D eigenvalue weighted by molar-refractivity contribution is 7.13. The molecule has 4 rings (SSSR count). The molecule has 0 aromatic carbocycles. The highest BCUT2D eigenvalue weighted by atomic mass is 32.1. The number of piperidine rings is 1. The van der Waals surface area contributed by atoms with Gasteiger partial charge in [-0.05, 0) is 19.3 Å². The quantitative estimate of drug-likeness (QED) is 0.834. The second kappa shape index (κ2) is 7.49. The molecule has 0 spiro atoms. The van der Waals surface area contributed by atoms with E-state index in [0.717, 1.165) is 29.2 Å². The van der Waals surface area contributed by atoms with E-state index in [2.05, 4.69) is 20.3 Å². The summed E-state index contributed by atoms with van der Waals surface area (Å²) in [6.07, 6.45) is 8.97. The van der Waals surface area contributed by atoms with Gasteiger partial charge in [-0.25, -0.2) is 4.98 Å². The van der Waals surface area contributed by atoms with Gasteiger partial charge in [0.25, 0.3) is 0 Å². The zero-order valence-electron chi connectivity index (χ0n) is 14.4. The van der Waals surface area contributed by atoms with Crippen molar-refractivity contribution in [3.63, 3.8) is 0 Å². The van der Waals surface area contributed by atoms with Gasteiger partial charge < -0.3 is 10.2 Å². The normalized spacial score (nSPS) is 20.2. The molecule has 2 aliphatic rings. The Morgan fingerprint density at radius 3 is 2.96 bits per heavy atom. The number of carbonyl (C=O) groups excluding carboxylic acids is 2. The van der Waals surface area contributed by atoms with Crippen LogP contribution in [0.1, 0.15) is 31.4 Å². The van der Waals surface area contributed by atoms with Crippen LogP contribution in [0, 0.1) is 5.92 Å². The molecule has 1 saturated carbocycles. The van der Waals surface area contributed by atoms with Crippen LogP contribution in [0.3, 0.4) is 0 Å². The van der Waals surface area contributed by atoms with Crippen LogP contribution in [0.15, 0.2) is 24.0 Å². The predicted molar refractivity (Wildman–Crippen MR) is 97.3 cm³/mol. The standard InChI is InChI=1S/C18H21N5O2S/c24-16-4-1-12(10-23(16)14-2-3-14)17(25)21-6-5-13-11-26-18(22-13)15-9-19-7-8-20-15/h7-9,11-12,14H,1-6,10H2,(H,21,25). The van der Waals surface area contributed by atoms with Crippen LogP contribution in [-0.4, -0.2) is 50.8 Å². The fourth-order valence-corrected chi connectivity index (χ4v) is 4.05. The predicted octanol–water partition coefficient (Wildman–Crippen LogP) is 1.66. The topological polar surface area (TPSA) is 88.1 Å². The number of rotatable bonds is 6. The number of amides is 2. The van der Waals surface area contributed by atoms with Gasteiger partial charge >= 0.3 is 0 Å². The fraction of sp³-hybridized carbons (Fsp3) is 0.500. The lowest BCUT2D eigenvalue weighted by molar-refractivity contribution is -0.138. The van der Waals surface area contributed by atoms with Crippen LogP contribution in [0.25, 0.3) is 10.7 Å². The van der Waals surface area contributed by atoms with Gasteiger partial charge in [0.15, 0.2) is 0 Å². The molecule has 2 aromatic heterocycles. The summed E-state index contributed by atoms with van der Waals surface area (Å²) in [4.78, 5) is 39.1. The molecule has 0 radical (unpaired) electrons. The third kappa shape index (κ3) is 3.90. The lowest BCUT2D eigenvalue weighted by Crippen LogP contribution is -2.46. The summed E-state index contributed by atoms with van der Waals surface area (Å²) in [5.74, 6) is 0.169. The van der Waals surface area contributed by atoms with Crippen LogP contribution < -0.4 is 5.32 Å². The third-order valence-electron chi connectivity index (χ3n) is 4.82. The van der Waals surface area contributed by atoms with Gasteiger partial charge in [0.1, 0.15) is 10.7 Å². The van der Waals surface area contributed by atoms with E-state index in [-0.39, 0.29) is 17.7 Å². The minimum Gasteiger partial charge on any atom is -0.355 e. The Morgan fingerprint density at radius 1 is 1.31 bits per heavy atom. The minimum atomic E-state index is -0.0844. The maximum absolute atomic E-state index is 12.4. The van der Waals surface area contributed by atoms with E-state index in [0.29, 0.717) is 38.4 Å². The number of nitrogens with zero attached hydrogens (tertiary/aromatic N) is 4. The SMILES string of the molecule is O=C(NCCc1csc(-c2cnccn2)n1)C1CCC(=O)N(C2CC2)C1. The second-order valence-electron chi connectivity index (χ2n) is 6.79. The molecule has 7 nitrogen and oxygen atoms in total. The van der Waals surface area contributed by atoms with E-state index in [9.17, 15) is 9.59 Å². The van der Waals surface area contributed by atoms with Gasteiger partial charge in [-0.15, -0.1) is 11.3 Å². The molecular formula is C18H21N5O2S. The maximum Gasteiger partial charge on any atom is 0.224 e. The number of aromatic nitrogens is 3. The molecule has 2 amide bonds. The molecule has 1 aliphatic carbocycles. The van der Waals surface area contributed by atoms with Crippen LogP contribution in [0.2, 0.25) is 0 Å². The average Bonchev–Trinajstić information content (AvgIpc) is 3.40. The Bertz CT molecular complexity index is 790. The van der Waals surface area contributed by atoms with Gasteiger partial charge in [0.05, 0.1) is 17.8 Å². The molecule has 0 bridgehead atoms. The monoisotopic (exact) mass is 371 g/mol. The van der Waals surface area contributed by atoms with E-state index in [1.807, 2.05) is 10.3 Å². The number of likely N-dealkylation sites (tertiary alicyclic amines) is 1. The first-order valence-electron chi connectivity index (χ1n) is 8.98. The van der Waals surface area contributed by atoms with Crippen molar-refractivity contribution in [2.24, 2.45) is 5.92 Å². The van der Waals surface area contributed by atoms with Crippen LogP contribution in [-0.2, 0) is 16.0 Å². The van der Waals surface area contributed by atoms with Crippen molar-refractivity contribution in [1.29, 1.82) is 0 Å². The lowest BCUT2D eigenvalue weighted by Gasteiger charge is -2.32. The molecule has 1 atom stereocenters. The first kappa shape index (κ1) is 17.1. The van der Waals surface area contributed by atoms with Gasteiger partial charge in [-0.2, -0.15) is 0 Å². The summed E-state index contributed by atoms with van der Waals surface area (Å²) in [7, 11) is 0. The number of nitrogens with one attached hydrogen (secondary N) is 1. The smallest absolute Gasteiger partial charge is 0.224 e. The van der Waals surface area contributed by atoms with Crippen molar-refractivity contribution in [3.05, 3.63) is 29.7 Å². The third-order valence-corrected chi connectivity index (χ3v) is 5.73. The van der Waals surface area contributed by atoms with Crippen molar-refractivity contribution in [1.82, 2.24) is 25.2 Å². The zero-order chi connectivity index (χ0) is 17.9. The lowest BCUT2D eigenvalue weighted by atomic mass is 9.96. The fourth-order valence-electron chi connectivity index (χ4n) is 3.23. The Labute approximate surface area is 155 Å². The second-order valence-corrected chi connectivity index (χ2v) is 7.65. The molecule has 26 heavy (non-hydrogen) atoms. The van der Waals surface area contributed by atoms with Crippen LogP contribution >= 0.6 is 11.3 Å². The van der Waals surface area contributed by atoms with E-state index < -0.39 is 0 Å². The molecule has 8 heteroatoms. The summed E-state index contributed by atoms with van der Waals surface area (Å²) >= 11 is 1.53. The van der Waals surface area contributed by atoms with Crippen molar-refractivity contribution in [3.8, 4) is 10.7 Å². The minimum absolute atomic E-state index is 0.0486. The summed E-state index contributed by atoms with van der Waals surface area (Å²) < 4.78 is 0. The molecular weight excluding hydrogens is 350 g/mol. The molecule has 1 unspecified atom stereocenters. The molecule has 1 saturated heterocycles. The number of carbonyl (C=O) groups is 2. The van der Waals surface area contributed by atoms with Crippen molar-refractivity contribution >= 4 is 23.2 Å². The van der Waals surface area contributed by atoms with Crippen molar-refractivity contribution in [2.45, 2.75) is 38.1 Å². The number of hydrogen-bond donors (Lipinski definition) is 1. The zero-order valence-corrected chi connectivity index (χ0v) is 15.2. The molecule has 2 aromatic rings. The summed E-state index contributed by atoms with van der Waals surface area (Å²) in [6.45, 7) is 1.12. The first-order valence-corrected chi connectivity index (χ1v) is 9.86. The Kier molecular flexibility index (Phi) is 4.92. The number of thiazole rings is 1. The largest absolute Gasteiger partial charge is 0.355 e. The van der Waals surface area contributed by atoms with Crippen molar-refractivity contribution < 1.29 is 9.59 Å². The maximum atomic E-state index is 12.4. The van der Waals surface area contributed by atoms with Gasteiger partial charge in [-0.3, -0.25) is 19.6 Å². The van der Waals surface area contributed by atoms with Gasteiger partial charge in [0, 0.05) is 49.7 Å². The average molecular weight is 371 g/mol. The highest BCUT2D eigenvalue weighted by Crippen LogP contribution is 2.31. The Hall–Kier alpha value is -2.35. The van der Waals surface area contributed by atoms with E-state index in [1.54, 1.807) is 18.6 Å². The van der Waals surface area contributed by atoms with Gasteiger partial charge in [0.2, 0.25) is 11.8 Å². The Balaban J connectivity index is 1.26. The van der Waals surface area contributed by atoms with E-state index >= 15 is 0 Å². The van der Waals surface area contributed by atoms with Gasteiger partial charge in [-0.1, -0.05) is 0 Å². The van der Waals surface area contributed by atoms with E-state index in [4.69, 9.17) is 0 Å². The molecule has 1 aliphatic heterocycles. The van der Waals surface area contributed by atoms with E-state index in [1.165, 1.54) is 11.3 Å². The summed E-state index contributed by atoms with van der Waals surface area (Å²) in [5.41, 5.74) is 1.70. The highest BCUT2D eigenvalue weighted by Gasteiger charge is 2.38. The summed E-state index contributed by atoms with van der Waals surface area (Å²) in [5, 5.41) is 5.83. The molecule has 3 heterocycles. The first-order chi connectivity index (χ1) is 12.7. The Morgan fingerprint density at radius 2 is 2.19 bits per heavy atom. The van der Waals surface area contributed by atoms with Crippen LogP contribution in [0.4, 0.5) is 0 Å². The van der Waals surface area contributed by atoms with Crippen molar-refractivity contribution in [2.75, 3.05) is 13.1 Å². The molecule has 1 N–H and O–H groups in total.